The van der Waals surface area contributed by atoms with Gasteiger partial charge in [0.1, 0.15) is 0 Å². The summed E-state index contributed by atoms with van der Waals surface area (Å²) in [5.41, 5.74) is 8.63. The molecular formula is C15H24N2O. The Morgan fingerprint density at radius 1 is 1.39 bits per heavy atom. The molecule has 0 amide bonds. The van der Waals surface area contributed by atoms with E-state index in [0.29, 0.717) is 6.04 Å². The highest BCUT2D eigenvalue weighted by atomic mass is 16.5. The van der Waals surface area contributed by atoms with Gasteiger partial charge in [-0.2, -0.15) is 0 Å². The van der Waals surface area contributed by atoms with Crippen molar-refractivity contribution in [1.29, 1.82) is 0 Å². The summed E-state index contributed by atoms with van der Waals surface area (Å²) in [4.78, 5) is 2.46. The minimum Gasteiger partial charge on any atom is -0.374 e. The lowest BCUT2D eigenvalue weighted by molar-refractivity contribution is -0.0498. The zero-order valence-electron chi connectivity index (χ0n) is 11.6. The molecule has 1 aliphatic heterocycles. The second-order valence-electron chi connectivity index (χ2n) is 5.35. The summed E-state index contributed by atoms with van der Waals surface area (Å²) in [7, 11) is 0. The molecule has 3 atom stereocenters. The van der Waals surface area contributed by atoms with E-state index in [1.54, 1.807) is 0 Å². The quantitative estimate of drug-likeness (QED) is 0.890. The van der Waals surface area contributed by atoms with E-state index >= 15 is 0 Å². The summed E-state index contributed by atoms with van der Waals surface area (Å²) in [6, 6.07) is 9.26. The number of ether oxygens (including phenoxy) is 1. The summed E-state index contributed by atoms with van der Waals surface area (Å²) in [5.74, 6) is 0. The molecule has 0 bridgehead atoms. The molecule has 1 aliphatic rings. The zero-order valence-corrected chi connectivity index (χ0v) is 11.6. The molecule has 0 radical (unpaired) electrons. The van der Waals surface area contributed by atoms with Crippen LogP contribution in [0.3, 0.4) is 0 Å². The van der Waals surface area contributed by atoms with Crippen LogP contribution in [0.25, 0.3) is 0 Å². The topological polar surface area (TPSA) is 38.5 Å². The fraction of sp³-hybridized carbons (Fsp3) is 0.600. The van der Waals surface area contributed by atoms with Crippen LogP contribution in [0.4, 0.5) is 0 Å². The maximum Gasteiger partial charge on any atom is 0.0850 e. The summed E-state index contributed by atoms with van der Waals surface area (Å²) in [5, 5.41) is 0. The third-order valence-electron chi connectivity index (χ3n) is 3.78. The van der Waals surface area contributed by atoms with Gasteiger partial charge in [-0.1, -0.05) is 29.8 Å². The van der Waals surface area contributed by atoms with Gasteiger partial charge in [-0.05, 0) is 26.3 Å². The number of hydrogen-bond acceptors (Lipinski definition) is 3. The zero-order chi connectivity index (χ0) is 13.1. The van der Waals surface area contributed by atoms with E-state index in [1.165, 1.54) is 11.1 Å². The molecule has 18 heavy (non-hydrogen) atoms. The smallest absolute Gasteiger partial charge is 0.0850 e. The third-order valence-corrected chi connectivity index (χ3v) is 3.78. The van der Waals surface area contributed by atoms with Crippen molar-refractivity contribution in [3.8, 4) is 0 Å². The third kappa shape index (κ3) is 3.10. The van der Waals surface area contributed by atoms with Crippen LogP contribution in [-0.2, 0) is 4.74 Å². The van der Waals surface area contributed by atoms with E-state index in [1.807, 2.05) is 6.92 Å². The maximum atomic E-state index is 5.94. The second-order valence-corrected chi connectivity index (χ2v) is 5.35. The molecule has 1 saturated heterocycles. The molecule has 0 spiro atoms. The van der Waals surface area contributed by atoms with Crippen LogP contribution in [0.5, 0.6) is 0 Å². The van der Waals surface area contributed by atoms with Crippen molar-refractivity contribution in [3.63, 3.8) is 0 Å². The first-order valence-corrected chi connectivity index (χ1v) is 6.75. The van der Waals surface area contributed by atoms with Crippen molar-refractivity contribution in [3.05, 3.63) is 35.4 Å². The number of benzene rings is 1. The van der Waals surface area contributed by atoms with Crippen molar-refractivity contribution in [2.24, 2.45) is 5.73 Å². The molecule has 3 nitrogen and oxygen atoms in total. The standard InChI is InChI=1S/C15H24N2O/c1-11-5-4-6-14(9-11)13(3)17-7-8-18-15(10-17)12(2)16/h4-6,9,12-13,15H,7-8,10,16H2,1-3H3. The first-order chi connectivity index (χ1) is 8.58. The maximum absolute atomic E-state index is 5.94. The van der Waals surface area contributed by atoms with Crippen LogP contribution in [0.1, 0.15) is 31.0 Å². The molecule has 0 aromatic heterocycles. The van der Waals surface area contributed by atoms with Gasteiger partial charge in [0.2, 0.25) is 0 Å². The van der Waals surface area contributed by atoms with Gasteiger partial charge in [-0.25, -0.2) is 0 Å². The van der Waals surface area contributed by atoms with Crippen molar-refractivity contribution < 1.29 is 4.74 Å². The van der Waals surface area contributed by atoms with E-state index < -0.39 is 0 Å². The molecule has 2 N–H and O–H groups in total. The number of aryl methyl sites for hydroxylation is 1. The second kappa shape index (κ2) is 5.83. The Kier molecular flexibility index (Phi) is 4.38. The summed E-state index contributed by atoms with van der Waals surface area (Å²) in [6.45, 7) is 9.11. The van der Waals surface area contributed by atoms with Gasteiger partial charge >= 0.3 is 0 Å². The molecule has 1 aromatic rings. The van der Waals surface area contributed by atoms with Crippen LogP contribution in [0, 0.1) is 6.92 Å². The van der Waals surface area contributed by atoms with Crippen LogP contribution in [0.15, 0.2) is 24.3 Å². The van der Waals surface area contributed by atoms with Gasteiger partial charge in [-0.15, -0.1) is 0 Å². The highest BCUT2D eigenvalue weighted by Crippen LogP contribution is 2.23. The first kappa shape index (κ1) is 13.5. The Balaban J connectivity index is 2.06. The largest absolute Gasteiger partial charge is 0.374 e. The lowest BCUT2D eigenvalue weighted by atomic mass is 10.0. The number of nitrogens with zero attached hydrogens (tertiary/aromatic N) is 1. The molecule has 1 aromatic carbocycles. The van der Waals surface area contributed by atoms with E-state index in [4.69, 9.17) is 10.5 Å². The monoisotopic (exact) mass is 248 g/mol. The summed E-state index contributed by atoms with van der Waals surface area (Å²) >= 11 is 0. The minimum atomic E-state index is 0.0949. The Morgan fingerprint density at radius 3 is 2.83 bits per heavy atom. The highest BCUT2D eigenvalue weighted by molar-refractivity contribution is 5.24. The van der Waals surface area contributed by atoms with Gasteiger partial charge in [0.25, 0.3) is 0 Å². The molecule has 0 saturated carbocycles. The fourth-order valence-electron chi connectivity index (χ4n) is 2.51. The molecule has 3 unspecified atom stereocenters. The highest BCUT2D eigenvalue weighted by Gasteiger charge is 2.26. The van der Waals surface area contributed by atoms with Crippen molar-refractivity contribution in [2.75, 3.05) is 19.7 Å². The Labute approximate surface area is 110 Å². The predicted octanol–water partition coefficient (Wildman–Crippen LogP) is 2.10. The Bertz CT molecular complexity index is 392. The number of hydrogen-bond donors (Lipinski definition) is 1. The van der Waals surface area contributed by atoms with Gasteiger partial charge < -0.3 is 10.5 Å². The lowest BCUT2D eigenvalue weighted by Crippen LogP contribution is -2.50. The predicted molar refractivity (Wildman–Crippen MR) is 74.6 cm³/mol. The van der Waals surface area contributed by atoms with E-state index in [2.05, 4.69) is 43.0 Å². The molecule has 2 rings (SSSR count). The average molecular weight is 248 g/mol. The number of morpholine rings is 1. The first-order valence-electron chi connectivity index (χ1n) is 6.75. The molecule has 1 fully saturated rings. The fourth-order valence-corrected chi connectivity index (χ4v) is 2.51. The van der Waals surface area contributed by atoms with Gasteiger partial charge in [0, 0.05) is 25.2 Å². The van der Waals surface area contributed by atoms with Gasteiger partial charge in [0.15, 0.2) is 0 Å². The van der Waals surface area contributed by atoms with Crippen molar-refractivity contribution in [1.82, 2.24) is 4.90 Å². The number of rotatable bonds is 3. The molecule has 100 valence electrons. The van der Waals surface area contributed by atoms with Crippen molar-refractivity contribution >= 4 is 0 Å². The molecule has 0 aliphatic carbocycles. The van der Waals surface area contributed by atoms with Crippen LogP contribution < -0.4 is 5.73 Å². The summed E-state index contributed by atoms with van der Waals surface area (Å²) in [6.07, 6.45) is 0.158. The average Bonchev–Trinajstić information content (AvgIpc) is 2.38. The molecule has 3 heteroatoms. The number of nitrogens with two attached hydrogens (primary N) is 1. The van der Waals surface area contributed by atoms with Crippen LogP contribution >= 0.6 is 0 Å². The minimum absolute atomic E-state index is 0.0949. The van der Waals surface area contributed by atoms with E-state index in [-0.39, 0.29) is 12.1 Å². The van der Waals surface area contributed by atoms with Crippen molar-refractivity contribution in [2.45, 2.75) is 39.0 Å². The summed E-state index contributed by atoms with van der Waals surface area (Å²) < 4.78 is 5.71. The van der Waals surface area contributed by atoms with Gasteiger partial charge in [0.05, 0.1) is 12.7 Å². The normalized spacial score (nSPS) is 24.8. The van der Waals surface area contributed by atoms with E-state index in [0.717, 1.165) is 19.7 Å². The SMILES string of the molecule is Cc1cccc(C(C)N2CCOC(C(C)N)C2)c1. The van der Waals surface area contributed by atoms with Crippen LogP contribution in [0.2, 0.25) is 0 Å². The lowest BCUT2D eigenvalue weighted by Gasteiger charge is -2.38. The van der Waals surface area contributed by atoms with E-state index in [9.17, 15) is 0 Å². The molecular weight excluding hydrogens is 224 g/mol. The Hall–Kier alpha value is -0.900. The molecule has 1 heterocycles. The van der Waals surface area contributed by atoms with Gasteiger partial charge in [-0.3, -0.25) is 4.90 Å². The Morgan fingerprint density at radius 2 is 2.17 bits per heavy atom. The van der Waals surface area contributed by atoms with Crippen LogP contribution in [-0.4, -0.2) is 36.7 Å².